The molecule has 0 radical (unpaired) electrons. The fourth-order valence-corrected chi connectivity index (χ4v) is 3.80. The number of thiophene rings is 1. The van der Waals surface area contributed by atoms with Crippen LogP contribution in [0.2, 0.25) is 0 Å². The number of hydrogen-bond acceptors (Lipinski definition) is 5. The summed E-state index contributed by atoms with van der Waals surface area (Å²) in [4.78, 5) is 7.94. The smallest absolute Gasteiger partial charge is 0.245 e. The minimum absolute atomic E-state index is 0.227. The SMILES string of the molecule is NC1CCCN(c2n[nH]c(-c3cc4ccccc4s3)n2)C1. The van der Waals surface area contributed by atoms with E-state index in [1.165, 1.54) is 10.1 Å². The molecule has 1 unspecified atom stereocenters. The Hall–Kier alpha value is -1.92. The zero-order valence-corrected chi connectivity index (χ0v) is 12.4. The molecule has 4 rings (SSSR count). The first-order chi connectivity index (χ1) is 10.3. The molecule has 2 aromatic heterocycles. The zero-order valence-electron chi connectivity index (χ0n) is 11.6. The second-order valence-electron chi connectivity index (χ2n) is 5.48. The summed E-state index contributed by atoms with van der Waals surface area (Å²) < 4.78 is 1.27. The van der Waals surface area contributed by atoms with Gasteiger partial charge in [0.15, 0.2) is 5.82 Å². The van der Waals surface area contributed by atoms with E-state index in [1.807, 2.05) is 0 Å². The highest BCUT2D eigenvalue weighted by Crippen LogP contribution is 2.32. The summed E-state index contributed by atoms with van der Waals surface area (Å²) in [7, 11) is 0. The van der Waals surface area contributed by atoms with Crippen LogP contribution in [0.15, 0.2) is 30.3 Å². The second kappa shape index (κ2) is 5.13. The Balaban J connectivity index is 1.64. The number of aromatic amines is 1. The summed E-state index contributed by atoms with van der Waals surface area (Å²) in [5.74, 6) is 1.60. The number of H-pyrrole nitrogens is 1. The van der Waals surface area contributed by atoms with Crippen LogP contribution in [0.25, 0.3) is 20.8 Å². The van der Waals surface area contributed by atoms with E-state index in [9.17, 15) is 0 Å². The Kier molecular flexibility index (Phi) is 3.12. The predicted molar refractivity (Wildman–Crippen MR) is 86.6 cm³/mol. The Morgan fingerprint density at radius 1 is 1.33 bits per heavy atom. The number of anilines is 1. The number of fused-ring (bicyclic) bond motifs is 1. The van der Waals surface area contributed by atoms with Gasteiger partial charge in [-0.1, -0.05) is 18.2 Å². The van der Waals surface area contributed by atoms with Gasteiger partial charge in [-0.05, 0) is 30.4 Å². The van der Waals surface area contributed by atoms with Gasteiger partial charge in [0.25, 0.3) is 0 Å². The molecule has 1 aliphatic heterocycles. The van der Waals surface area contributed by atoms with Crippen LogP contribution in [0.4, 0.5) is 5.95 Å². The van der Waals surface area contributed by atoms with Crippen LogP contribution in [0.5, 0.6) is 0 Å². The molecule has 6 heteroatoms. The van der Waals surface area contributed by atoms with E-state index in [0.717, 1.165) is 42.6 Å². The molecule has 3 N–H and O–H groups in total. The number of piperidine rings is 1. The van der Waals surface area contributed by atoms with Gasteiger partial charge in [0.2, 0.25) is 5.95 Å². The van der Waals surface area contributed by atoms with Gasteiger partial charge in [0, 0.05) is 23.8 Å². The largest absolute Gasteiger partial charge is 0.338 e. The standard InChI is InChI=1S/C15H17N5S/c16-11-5-3-7-20(9-11)15-17-14(18-19-15)13-8-10-4-1-2-6-12(10)21-13/h1-2,4,6,8,11H,3,5,7,9,16H2,(H,17,18,19). The van der Waals surface area contributed by atoms with E-state index >= 15 is 0 Å². The lowest BCUT2D eigenvalue weighted by Crippen LogP contribution is -2.43. The van der Waals surface area contributed by atoms with Crippen molar-refractivity contribution in [1.29, 1.82) is 0 Å². The van der Waals surface area contributed by atoms with E-state index in [-0.39, 0.29) is 6.04 Å². The fraction of sp³-hybridized carbons (Fsp3) is 0.333. The Morgan fingerprint density at radius 3 is 3.10 bits per heavy atom. The molecule has 5 nitrogen and oxygen atoms in total. The highest BCUT2D eigenvalue weighted by molar-refractivity contribution is 7.22. The van der Waals surface area contributed by atoms with Gasteiger partial charge in [-0.2, -0.15) is 4.98 Å². The maximum absolute atomic E-state index is 6.03. The summed E-state index contributed by atoms with van der Waals surface area (Å²) in [6, 6.07) is 10.8. The van der Waals surface area contributed by atoms with E-state index in [4.69, 9.17) is 5.73 Å². The second-order valence-corrected chi connectivity index (χ2v) is 6.56. The number of hydrogen-bond donors (Lipinski definition) is 2. The Morgan fingerprint density at radius 2 is 2.24 bits per heavy atom. The number of nitrogens with one attached hydrogen (secondary N) is 1. The molecule has 108 valence electrons. The van der Waals surface area contributed by atoms with Gasteiger partial charge in [-0.3, -0.25) is 5.10 Å². The third-order valence-corrected chi connectivity index (χ3v) is 5.00. The molecule has 1 aromatic carbocycles. The van der Waals surface area contributed by atoms with Crippen LogP contribution in [0, 0.1) is 0 Å². The van der Waals surface area contributed by atoms with Crippen LogP contribution in [0.3, 0.4) is 0 Å². The molecule has 3 heterocycles. The maximum atomic E-state index is 6.03. The van der Waals surface area contributed by atoms with Crippen LogP contribution >= 0.6 is 11.3 Å². The molecule has 0 spiro atoms. The van der Waals surface area contributed by atoms with Crippen molar-refractivity contribution in [3.8, 4) is 10.7 Å². The number of aromatic nitrogens is 3. The Bertz CT molecular complexity index is 729. The van der Waals surface area contributed by atoms with Crippen molar-refractivity contribution >= 4 is 27.4 Å². The molecule has 3 aromatic rings. The van der Waals surface area contributed by atoms with Crippen molar-refractivity contribution in [2.45, 2.75) is 18.9 Å². The van der Waals surface area contributed by atoms with E-state index in [0.29, 0.717) is 0 Å². The van der Waals surface area contributed by atoms with Crippen LogP contribution in [0.1, 0.15) is 12.8 Å². The van der Waals surface area contributed by atoms with Crippen molar-refractivity contribution in [3.63, 3.8) is 0 Å². The first-order valence-corrected chi connectivity index (χ1v) is 8.03. The van der Waals surface area contributed by atoms with Crippen LogP contribution in [-0.4, -0.2) is 34.3 Å². The van der Waals surface area contributed by atoms with Crippen LogP contribution < -0.4 is 10.6 Å². The van der Waals surface area contributed by atoms with Gasteiger partial charge >= 0.3 is 0 Å². The molecular weight excluding hydrogens is 282 g/mol. The summed E-state index contributed by atoms with van der Waals surface area (Å²) in [5.41, 5.74) is 6.03. The lowest BCUT2D eigenvalue weighted by molar-refractivity contribution is 0.500. The molecule has 1 fully saturated rings. The Labute approximate surface area is 126 Å². The number of rotatable bonds is 2. The maximum Gasteiger partial charge on any atom is 0.245 e. The summed E-state index contributed by atoms with van der Waals surface area (Å²) >= 11 is 1.73. The molecule has 0 bridgehead atoms. The summed E-state index contributed by atoms with van der Waals surface area (Å²) in [6.45, 7) is 1.82. The first-order valence-electron chi connectivity index (χ1n) is 7.21. The van der Waals surface area contributed by atoms with Gasteiger partial charge in [-0.15, -0.1) is 16.4 Å². The molecule has 0 amide bonds. The number of nitrogens with two attached hydrogens (primary N) is 1. The normalized spacial score (nSPS) is 19.3. The average molecular weight is 299 g/mol. The topological polar surface area (TPSA) is 70.8 Å². The number of benzene rings is 1. The van der Waals surface area contributed by atoms with Gasteiger partial charge < -0.3 is 10.6 Å². The molecule has 0 saturated carbocycles. The van der Waals surface area contributed by atoms with Gasteiger partial charge in [0.1, 0.15) is 0 Å². The van der Waals surface area contributed by atoms with Crippen molar-refractivity contribution in [2.75, 3.05) is 18.0 Å². The summed E-state index contributed by atoms with van der Waals surface area (Å²) in [6.07, 6.45) is 2.19. The van der Waals surface area contributed by atoms with Crippen molar-refractivity contribution in [3.05, 3.63) is 30.3 Å². The predicted octanol–water partition coefficient (Wildman–Crippen LogP) is 2.61. The van der Waals surface area contributed by atoms with E-state index in [2.05, 4.69) is 50.4 Å². The molecular formula is C15H17N5S. The molecule has 21 heavy (non-hydrogen) atoms. The summed E-state index contributed by atoms with van der Waals surface area (Å²) in [5, 5.41) is 8.67. The van der Waals surface area contributed by atoms with Crippen molar-refractivity contribution in [1.82, 2.24) is 15.2 Å². The highest BCUT2D eigenvalue weighted by atomic mass is 32.1. The lowest BCUT2D eigenvalue weighted by Gasteiger charge is -2.29. The highest BCUT2D eigenvalue weighted by Gasteiger charge is 2.20. The fourth-order valence-electron chi connectivity index (χ4n) is 2.79. The minimum Gasteiger partial charge on any atom is -0.338 e. The van der Waals surface area contributed by atoms with E-state index < -0.39 is 0 Å². The molecule has 1 atom stereocenters. The quantitative estimate of drug-likeness (QED) is 0.763. The third kappa shape index (κ3) is 2.41. The molecule has 1 aliphatic rings. The molecule has 1 saturated heterocycles. The lowest BCUT2D eigenvalue weighted by atomic mass is 10.1. The van der Waals surface area contributed by atoms with Gasteiger partial charge in [-0.25, -0.2) is 0 Å². The molecule has 0 aliphatic carbocycles. The average Bonchev–Trinajstić information content (AvgIpc) is 3.14. The monoisotopic (exact) mass is 299 g/mol. The zero-order chi connectivity index (χ0) is 14.2. The third-order valence-electron chi connectivity index (χ3n) is 3.87. The number of nitrogens with zero attached hydrogens (tertiary/aromatic N) is 3. The minimum atomic E-state index is 0.227. The first kappa shape index (κ1) is 12.8. The van der Waals surface area contributed by atoms with E-state index in [1.54, 1.807) is 11.3 Å². The van der Waals surface area contributed by atoms with Crippen molar-refractivity contribution < 1.29 is 0 Å². The van der Waals surface area contributed by atoms with Crippen molar-refractivity contribution in [2.24, 2.45) is 5.73 Å². The van der Waals surface area contributed by atoms with Crippen LogP contribution in [-0.2, 0) is 0 Å². The van der Waals surface area contributed by atoms with Gasteiger partial charge in [0.05, 0.1) is 4.88 Å².